The van der Waals surface area contributed by atoms with Crippen LogP contribution in [0.4, 0.5) is 0 Å². The monoisotopic (exact) mass is 1060 g/mol. The first-order valence-corrected chi connectivity index (χ1v) is 32.4. The third-order valence-corrected chi connectivity index (χ3v) is 15.4. The van der Waals surface area contributed by atoms with Gasteiger partial charge in [0.05, 0.1) is 25.4 Å². The molecule has 1 amide bonds. The number of hydrogen-bond acceptors (Lipinski definition) is 8. The largest absolute Gasteiger partial charge is 0.394 e. The van der Waals surface area contributed by atoms with Crippen LogP contribution in [-0.4, -0.2) is 87.5 Å². The minimum Gasteiger partial charge on any atom is -0.394 e. The summed E-state index contributed by atoms with van der Waals surface area (Å²) in [7, 11) is 0. The smallest absolute Gasteiger partial charge is 0.220 e. The fourth-order valence-electron chi connectivity index (χ4n) is 10.2. The summed E-state index contributed by atoms with van der Waals surface area (Å²) in [4.78, 5) is 13.1. The number of allylic oxidation sites excluding steroid dienone is 7. The van der Waals surface area contributed by atoms with Crippen molar-refractivity contribution in [1.29, 1.82) is 0 Å². The molecule has 440 valence electrons. The zero-order valence-electron chi connectivity index (χ0n) is 49.1. The van der Waals surface area contributed by atoms with Crippen molar-refractivity contribution in [3.8, 4) is 0 Å². The lowest BCUT2D eigenvalue weighted by Crippen LogP contribution is -2.60. The normalized spacial score (nSPS) is 19.2. The van der Waals surface area contributed by atoms with E-state index in [0.29, 0.717) is 6.42 Å². The second kappa shape index (κ2) is 55.5. The van der Waals surface area contributed by atoms with E-state index in [0.717, 1.165) is 44.9 Å². The van der Waals surface area contributed by atoms with Crippen LogP contribution in [0.2, 0.25) is 0 Å². The Morgan fingerprint density at radius 3 is 1.12 bits per heavy atom. The van der Waals surface area contributed by atoms with E-state index in [4.69, 9.17) is 9.47 Å². The van der Waals surface area contributed by atoms with Crippen molar-refractivity contribution in [2.24, 2.45) is 0 Å². The Bertz CT molecular complexity index is 1320. The molecule has 75 heavy (non-hydrogen) atoms. The number of carbonyl (C=O) groups is 1. The molecule has 0 aromatic carbocycles. The second-order valence-corrected chi connectivity index (χ2v) is 22.5. The van der Waals surface area contributed by atoms with Crippen LogP contribution < -0.4 is 5.32 Å². The molecule has 0 aliphatic carbocycles. The number of carbonyl (C=O) groups excluding carboxylic acids is 1. The van der Waals surface area contributed by atoms with Gasteiger partial charge in [-0.25, -0.2) is 0 Å². The molecule has 0 spiro atoms. The Kier molecular flexibility index (Phi) is 52.6. The first-order valence-electron chi connectivity index (χ1n) is 32.4. The third-order valence-electron chi connectivity index (χ3n) is 15.4. The lowest BCUT2D eigenvalue weighted by Gasteiger charge is -2.40. The second-order valence-electron chi connectivity index (χ2n) is 22.5. The molecule has 9 nitrogen and oxygen atoms in total. The van der Waals surface area contributed by atoms with Gasteiger partial charge < -0.3 is 40.3 Å². The Labute approximate surface area is 463 Å². The molecule has 1 fully saturated rings. The summed E-state index contributed by atoms with van der Waals surface area (Å²) < 4.78 is 11.3. The maximum Gasteiger partial charge on any atom is 0.220 e. The summed E-state index contributed by atoms with van der Waals surface area (Å²) in [6.07, 6.45) is 67.7. The van der Waals surface area contributed by atoms with Crippen molar-refractivity contribution in [3.63, 3.8) is 0 Å². The van der Waals surface area contributed by atoms with Crippen LogP contribution in [0.15, 0.2) is 48.6 Å². The highest BCUT2D eigenvalue weighted by Crippen LogP contribution is 2.23. The first kappa shape index (κ1) is 71.2. The van der Waals surface area contributed by atoms with Crippen molar-refractivity contribution < 1.29 is 39.8 Å². The molecule has 6 N–H and O–H groups in total. The zero-order chi connectivity index (χ0) is 54.3. The van der Waals surface area contributed by atoms with E-state index in [1.807, 2.05) is 6.08 Å². The summed E-state index contributed by atoms with van der Waals surface area (Å²) in [5.74, 6) is -0.186. The molecule has 7 unspecified atom stereocenters. The fourth-order valence-corrected chi connectivity index (χ4v) is 10.2. The molecule has 1 aliphatic rings. The Morgan fingerprint density at radius 1 is 0.440 bits per heavy atom. The van der Waals surface area contributed by atoms with E-state index in [1.165, 1.54) is 244 Å². The molecule has 1 rings (SSSR count). The van der Waals surface area contributed by atoms with Gasteiger partial charge in [-0.2, -0.15) is 0 Å². The SMILES string of the molecule is CCCCCCCCCC/C=C\CCCCCCCCCCCCCCCCCCCC(=O)NC(COC1OC(CO)C(O)C(O)C1O)C(O)/C=C/CC/C=C/CC/C=C/CCCCCCCCCCCCCCC. The highest BCUT2D eigenvalue weighted by molar-refractivity contribution is 5.76. The van der Waals surface area contributed by atoms with Gasteiger partial charge in [0.2, 0.25) is 5.91 Å². The third kappa shape index (κ3) is 44.7. The minimum absolute atomic E-state index is 0.186. The van der Waals surface area contributed by atoms with E-state index in [-0.39, 0.29) is 12.5 Å². The van der Waals surface area contributed by atoms with Crippen molar-refractivity contribution in [3.05, 3.63) is 48.6 Å². The molecule has 0 aromatic heterocycles. The maximum absolute atomic E-state index is 13.1. The molecule has 1 aliphatic heterocycles. The minimum atomic E-state index is -1.58. The molecule has 7 atom stereocenters. The van der Waals surface area contributed by atoms with Crippen LogP contribution in [0.3, 0.4) is 0 Å². The predicted octanol–water partition coefficient (Wildman–Crippen LogP) is 16.9. The molecule has 0 radical (unpaired) electrons. The van der Waals surface area contributed by atoms with E-state index < -0.39 is 49.5 Å². The average Bonchev–Trinajstić information content (AvgIpc) is 3.41. The van der Waals surface area contributed by atoms with Crippen LogP contribution in [0.1, 0.15) is 309 Å². The molecule has 1 saturated heterocycles. The Morgan fingerprint density at radius 2 is 0.760 bits per heavy atom. The lowest BCUT2D eigenvalue weighted by molar-refractivity contribution is -0.302. The summed E-state index contributed by atoms with van der Waals surface area (Å²) in [5.41, 5.74) is 0. The number of ether oxygens (including phenoxy) is 2. The van der Waals surface area contributed by atoms with Crippen molar-refractivity contribution >= 4 is 5.91 Å². The molecular weight excluding hydrogens is 935 g/mol. The van der Waals surface area contributed by atoms with Gasteiger partial charge in [0.15, 0.2) is 6.29 Å². The highest BCUT2D eigenvalue weighted by atomic mass is 16.7. The van der Waals surface area contributed by atoms with Gasteiger partial charge in [0.1, 0.15) is 24.4 Å². The molecule has 0 bridgehead atoms. The van der Waals surface area contributed by atoms with Gasteiger partial charge in [0.25, 0.3) is 0 Å². The molecular formula is C66H123NO8. The van der Waals surface area contributed by atoms with Crippen LogP contribution >= 0.6 is 0 Å². The zero-order valence-corrected chi connectivity index (χ0v) is 49.1. The highest BCUT2D eigenvalue weighted by Gasteiger charge is 2.44. The summed E-state index contributed by atoms with van der Waals surface area (Å²) in [6, 6.07) is -0.829. The Hall–Kier alpha value is -1.85. The standard InChI is InChI=1S/C66H123NO8/c1-3-5-7-9-11-13-15-17-19-21-23-25-27-28-29-30-31-32-34-36-38-40-42-44-46-48-50-52-54-56-62(70)67-59(58-74-66-65(73)64(72)63(71)61(57-68)75-66)60(69)55-53-51-49-47-45-43-41-39-37-35-33-26-24-22-20-18-16-14-12-10-8-6-4-2/h21,23,37,39,45,47,53,55,59-61,63-66,68-69,71-73H,3-20,22,24-36,38,40-44,46,48-52,54,56-58H2,1-2H3,(H,67,70)/b23-21-,39-37+,47-45+,55-53+. The maximum atomic E-state index is 13.1. The quantitative estimate of drug-likeness (QED) is 0.0261. The molecule has 9 heteroatoms. The molecule has 0 aromatic rings. The number of unbranched alkanes of at least 4 members (excludes halogenated alkanes) is 40. The van der Waals surface area contributed by atoms with Crippen LogP contribution in [-0.2, 0) is 14.3 Å². The Balaban J connectivity index is 2.19. The van der Waals surface area contributed by atoms with Gasteiger partial charge in [0, 0.05) is 6.42 Å². The van der Waals surface area contributed by atoms with E-state index in [9.17, 15) is 30.3 Å². The summed E-state index contributed by atoms with van der Waals surface area (Å²) in [6.45, 7) is 3.79. The van der Waals surface area contributed by atoms with E-state index in [1.54, 1.807) is 6.08 Å². The number of amides is 1. The van der Waals surface area contributed by atoms with Crippen molar-refractivity contribution in [2.75, 3.05) is 13.2 Å². The topological polar surface area (TPSA) is 149 Å². The molecule has 1 heterocycles. The van der Waals surface area contributed by atoms with Crippen molar-refractivity contribution in [1.82, 2.24) is 5.32 Å². The average molecular weight is 1060 g/mol. The van der Waals surface area contributed by atoms with Gasteiger partial charge in [-0.15, -0.1) is 0 Å². The lowest BCUT2D eigenvalue weighted by atomic mass is 9.99. The van der Waals surface area contributed by atoms with Crippen LogP contribution in [0.5, 0.6) is 0 Å². The van der Waals surface area contributed by atoms with Gasteiger partial charge in [-0.3, -0.25) is 4.79 Å². The van der Waals surface area contributed by atoms with Gasteiger partial charge in [-0.05, 0) is 70.6 Å². The summed E-state index contributed by atoms with van der Waals surface area (Å²) in [5, 5.41) is 54.6. The van der Waals surface area contributed by atoms with Crippen LogP contribution in [0, 0.1) is 0 Å². The predicted molar refractivity (Wildman–Crippen MR) is 318 cm³/mol. The van der Waals surface area contributed by atoms with Gasteiger partial charge in [-0.1, -0.05) is 281 Å². The summed E-state index contributed by atoms with van der Waals surface area (Å²) >= 11 is 0. The fraction of sp³-hybridized carbons (Fsp3) is 0.864. The number of aliphatic hydroxyl groups is 5. The van der Waals surface area contributed by atoms with E-state index >= 15 is 0 Å². The van der Waals surface area contributed by atoms with E-state index in [2.05, 4.69) is 55.6 Å². The first-order chi connectivity index (χ1) is 36.8. The number of rotatable bonds is 56. The van der Waals surface area contributed by atoms with Crippen molar-refractivity contribution in [2.45, 2.75) is 352 Å². The number of hydrogen-bond donors (Lipinski definition) is 6. The number of nitrogens with one attached hydrogen (secondary N) is 1. The van der Waals surface area contributed by atoms with Crippen LogP contribution in [0.25, 0.3) is 0 Å². The van der Waals surface area contributed by atoms with Gasteiger partial charge >= 0.3 is 0 Å². The number of aliphatic hydroxyl groups excluding tert-OH is 5. The molecule has 0 saturated carbocycles.